The molecule has 0 saturated carbocycles. The van der Waals surface area contributed by atoms with Gasteiger partial charge in [-0.05, 0) is 77.1 Å². The van der Waals surface area contributed by atoms with E-state index in [0.717, 1.165) is 6.42 Å². The van der Waals surface area contributed by atoms with Gasteiger partial charge in [0, 0.05) is 16.5 Å². The van der Waals surface area contributed by atoms with Crippen molar-refractivity contribution in [3.63, 3.8) is 0 Å². The van der Waals surface area contributed by atoms with Crippen LogP contribution in [0.4, 0.5) is 0 Å². The predicted octanol–water partition coefficient (Wildman–Crippen LogP) is 12.1. The Hall–Kier alpha value is -4.62. The van der Waals surface area contributed by atoms with Gasteiger partial charge in [0.15, 0.2) is 0 Å². The molecule has 0 aliphatic carbocycles. The summed E-state index contributed by atoms with van der Waals surface area (Å²) in [6.45, 7) is 10.7. The molecule has 1 heteroatoms. The molecule has 1 heterocycles. The molecule has 0 saturated heterocycles. The van der Waals surface area contributed by atoms with E-state index in [1.807, 2.05) is 32.0 Å². The summed E-state index contributed by atoms with van der Waals surface area (Å²) in [5, 5.41) is 5.18. The summed E-state index contributed by atoms with van der Waals surface area (Å²) in [5.41, 5.74) is 8.94. The molecule has 1 aromatic heterocycles. The number of aryl methyl sites for hydroxylation is 1. The Labute approximate surface area is 251 Å². The van der Waals surface area contributed by atoms with Gasteiger partial charge in [0.25, 0.3) is 0 Å². The quantitative estimate of drug-likeness (QED) is 0.206. The molecule has 0 aliphatic rings. The zero-order valence-corrected chi connectivity index (χ0v) is 25.5. The fraction of sp³-hybridized carbons (Fsp3) is 0.171. The Morgan fingerprint density at radius 3 is 1.79 bits per heavy atom. The molecule has 0 spiro atoms. The lowest BCUT2D eigenvalue weighted by molar-refractivity contribution is 0.734. The maximum atomic E-state index is 2.45. The van der Waals surface area contributed by atoms with Crippen LogP contribution in [0.15, 0.2) is 140 Å². The zero-order chi connectivity index (χ0) is 29.5. The van der Waals surface area contributed by atoms with Gasteiger partial charge in [-0.25, -0.2) is 0 Å². The van der Waals surface area contributed by atoms with E-state index in [0.29, 0.717) is 5.92 Å². The summed E-state index contributed by atoms with van der Waals surface area (Å²) in [6, 6.07) is 50.2. The van der Waals surface area contributed by atoms with Crippen LogP contribution >= 0.6 is 0 Å². The van der Waals surface area contributed by atoms with E-state index in [1.54, 1.807) is 0 Å². The van der Waals surface area contributed by atoms with Crippen LogP contribution in [0.1, 0.15) is 51.2 Å². The van der Waals surface area contributed by atoms with E-state index < -0.39 is 0 Å². The number of fused-ring (bicyclic) bond motifs is 4. The van der Waals surface area contributed by atoms with E-state index in [2.05, 4.69) is 147 Å². The fourth-order valence-corrected chi connectivity index (χ4v) is 5.53. The van der Waals surface area contributed by atoms with E-state index in [-0.39, 0.29) is 0 Å². The smallest absolute Gasteiger partial charge is 0.0547 e. The molecule has 6 aromatic carbocycles. The van der Waals surface area contributed by atoms with Gasteiger partial charge in [0.1, 0.15) is 0 Å². The van der Waals surface area contributed by atoms with Crippen LogP contribution in [0, 0.1) is 6.92 Å². The van der Waals surface area contributed by atoms with Crippen molar-refractivity contribution in [3.8, 4) is 16.8 Å². The maximum Gasteiger partial charge on any atom is 0.0547 e. The minimum absolute atomic E-state index is 0.538. The molecule has 1 atom stereocenters. The first-order chi connectivity index (χ1) is 20.6. The molecule has 0 bridgehead atoms. The Balaban J connectivity index is 0.000000341. The molecule has 42 heavy (non-hydrogen) atoms. The van der Waals surface area contributed by atoms with Gasteiger partial charge in [0.05, 0.1) is 11.0 Å². The van der Waals surface area contributed by atoms with Gasteiger partial charge >= 0.3 is 0 Å². The predicted molar refractivity (Wildman–Crippen MR) is 185 cm³/mol. The van der Waals surface area contributed by atoms with Crippen LogP contribution in [0.3, 0.4) is 0 Å². The third-order valence-corrected chi connectivity index (χ3v) is 7.99. The lowest BCUT2D eigenvalue weighted by Gasteiger charge is -2.13. The van der Waals surface area contributed by atoms with Gasteiger partial charge in [-0.2, -0.15) is 0 Å². The van der Waals surface area contributed by atoms with Crippen molar-refractivity contribution >= 4 is 32.6 Å². The lowest BCUT2D eigenvalue weighted by Crippen LogP contribution is -1.96. The first-order valence-electron chi connectivity index (χ1n) is 15.3. The summed E-state index contributed by atoms with van der Waals surface area (Å²) >= 11 is 0. The Morgan fingerprint density at radius 1 is 0.548 bits per heavy atom. The van der Waals surface area contributed by atoms with Gasteiger partial charge < -0.3 is 4.57 Å². The second-order valence-corrected chi connectivity index (χ2v) is 10.7. The molecule has 0 radical (unpaired) electrons. The fourth-order valence-electron chi connectivity index (χ4n) is 5.53. The lowest BCUT2D eigenvalue weighted by atomic mass is 9.97. The van der Waals surface area contributed by atoms with Crippen molar-refractivity contribution in [2.24, 2.45) is 0 Å². The number of benzene rings is 6. The Kier molecular flexibility index (Phi) is 9.19. The van der Waals surface area contributed by atoms with Gasteiger partial charge in [-0.3, -0.25) is 0 Å². The zero-order valence-electron chi connectivity index (χ0n) is 25.5. The van der Waals surface area contributed by atoms with Crippen LogP contribution in [0.25, 0.3) is 49.4 Å². The van der Waals surface area contributed by atoms with Crippen LogP contribution in [-0.4, -0.2) is 4.57 Å². The number of rotatable bonds is 4. The molecular formula is C41H41N. The largest absolute Gasteiger partial charge is 0.309 e. The van der Waals surface area contributed by atoms with E-state index >= 15 is 0 Å². The maximum absolute atomic E-state index is 2.45. The molecular weight excluding hydrogens is 506 g/mol. The van der Waals surface area contributed by atoms with Crippen LogP contribution in [-0.2, 0) is 0 Å². The Bertz CT molecular complexity index is 1890. The highest BCUT2D eigenvalue weighted by atomic mass is 15.0. The molecule has 1 nitrogen and oxygen atoms in total. The van der Waals surface area contributed by atoms with E-state index in [1.165, 1.54) is 60.5 Å². The van der Waals surface area contributed by atoms with Crippen molar-refractivity contribution in [2.75, 3.05) is 0 Å². The number of hydrogen-bond donors (Lipinski definition) is 0. The minimum Gasteiger partial charge on any atom is -0.309 e. The van der Waals surface area contributed by atoms with Gasteiger partial charge in [0.2, 0.25) is 0 Å². The van der Waals surface area contributed by atoms with Crippen molar-refractivity contribution in [1.29, 1.82) is 0 Å². The first kappa shape index (κ1) is 28.9. The molecule has 7 rings (SSSR count). The van der Waals surface area contributed by atoms with Crippen molar-refractivity contribution in [1.82, 2.24) is 4.57 Å². The van der Waals surface area contributed by atoms with E-state index in [4.69, 9.17) is 0 Å². The molecule has 0 fully saturated rings. The normalized spacial score (nSPS) is 11.5. The summed E-state index contributed by atoms with van der Waals surface area (Å²) < 4.78 is 2.45. The minimum atomic E-state index is 0.538. The number of aromatic nitrogens is 1. The van der Waals surface area contributed by atoms with E-state index in [9.17, 15) is 0 Å². The average molecular weight is 548 g/mol. The molecule has 210 valence electrons. The van der Waals surface area contributed by atoms with Crippen molar-refractivity contribution in [2.45, 2.75) is 47.0 Å². The number of hydrogen-bond acceptors (Lipinski definition) is 0. The summed E-state index contributed by atoms with van der Waals surface area (Å²) in [6.07, 6.45) is 1.14. The highest BCUT2D eigenvalue weighted by Crippen LogP contribution is 2.37. The first-order valence-corrected chi connectivity index (χ1v) is 15.3. The standard InChI is InChI=1S/C32H27N.C7H8.C2H6/c1-3-22(2)24-16-17-29-30-19-26-12-7-8-13-27(26)21-32(30)33(31(29)20-24)28-15-9-14-25(18-28)23-10-5-4-6-11-23;1-7-5-3-2-4-6-7;1-2/h4-22H,3H2,1-2H3;2-6H,1H3;1-2H3. The summed E-state index contributed by atoms with van der Waals surface area (Å²) in [4.78, 5) is 0. The van der Waals surface area contributed by atoms with Crippen LogP contribution < -0.4 is 0 Å². The summed E-state index contributed by atoms with van der Waals surface area (Å²) in [7, 11) is 0. The third-order valence-electron chi connectivity index (χ3n) is 7.99. The molecule has 0 aliphatic heterocycles. The van der Waals surface area contributed by atoms with Crippen LogP contribution in [0.2, 0.25) is 0 Å². The Morgan fingerprint density at radius 2 is 1.14 bits per heavy atom. The monoisotopic (exact) mass is 547 g/mol. The third kappa shape index (κ3) is 6.02. The summed E-state index contributed by atoms with van der Waals surface area (Å²) in [5.74, 6) is 0.538. The van der Waals surface area contributed by atoms with Gasteiger partial charge in [-0.15, -0.1) is 0 Å². The second kappa shape index (κ2) is 13.4. The highest BCUT2D eigenvalue weighted by molar-refractivity contribution is 6.13. The average Bonchev–Trinajstić information content (AvgIpc) is 3.37. The topological polar surface area (TPSA) is 4.93 Å². The van der Waals surface area contributed by atoms with Crippen LogP contribution in [0.5, 0.6) is 0 Å². The number of nitrogens with zero attached hydrogens (tertiary/aromatic N) is 1. The molecule has 0 N–H and O–H groups in total. The van der Waals surface area contributed by atoms with Gasteiger partial charge in [-0.1, -0.05) is 142 Å². The highest BCUT2D eigenvalue weighted by Gasteiger charge is 2.15. The molecule has 1 unspecified atom stereocenters. The second-order valence-electron chi connectivity index (χ2n) is 10.7. The van der Waals surface area contributed by atoms with Crippen molar-refractivity contribution in [3.05, 3.63) is 151 Å². The SMILES string of the molecule is CC.CCC(C)c1ccc2c3cc4ccccc4cc3n(-c3cccc(-c4ccccc4)c3)c2c1.Cc1ccccc1. The molecule has 7 aromatic rings. The molecule has 0 amide bonds. The van der Waals surface area contributed by atoms with Crippen molar-refractivity contribution < 1.29 is 0 Å².